The molecule has 10 heteroatoms. The molecule has 0 aliphatic carbocycles. The molecule has 0 unspecified atom stereocenters. The van der Waals surface area contributed by atoms with Gasteiger partial charge in [-0.3, -0.25) is 14.9 Å². The van der Waals surface area contributed by atoms with E-state index in [0.717, 1.165) is 11.1 Å². The average molecular weight is 477 g/mol. The first kappa shape index (κ1) is 22.3. The average Bonchev–Trinajstić information content (AvgIpc) is 3.40. The Labute approximate surface area is 196 Å². The summed E-state index contributed by atoms with van der Waals surface area (Å²) in [4.78, 5) is 27.5. The molecule has 2 aromatic carbocycles. The number of aryl methyl sites for hydroxylation is 2. The number of furan rings is 1. The van der Waals surface area contributed by atoms with Gasteiger partial charge in [-0.2, -0.15) is 5.26 Å². The van der Waals surface area contributed by atoms with Crippen LogP contribution in [0, 0.1) is 35.3 Å². The molecule has 0 aliphatic heterocycles. The van der Waals surface area contributed by atoms with Crippen LogP contribution in [-0.2, 0) is 4.79 Å². The number of rotatable bonds is 6. The number of carbonyl (C=O) groups is 1. The van der Waals surface area contributed by atoms with Gasteiger partial charge in [0.05, 0.1) is 15.1 Å². The third-order valence-electron chi connectivity index (χ3n) is 4.77. The van der Waals surface area contributed by atoms with E-state index in [1.807, 2.05) is 32.0 Å². The van der Waals surface area contributed by atoms with Crippen LogP contribution in [-0.4, -0.2) is 15.8 Å². The number of hydrogen-bond donors (Lipinski definition) is 1. The quantitative estimate of drug-likeness (QED) is 0.154. The Morgan fingerprint density at radius 1 is 1.21 bits per heavy atom. The van der Waals surface area contributed by atoms with E-state index >= 15 is 0 Å². The molecule has 8 nitrogen and oxygen atoms in total. The van der Waals surface area contributed by atoms with Crippen molar-refractivity contribution in [1.29, 1.82) is 5.26 Å². The predicted molar refractivity (Wildman–Crippen MR) is 127 cm³/mol. The number of anilines is 1. The van der Waals surface area contributed by atoms with Crippen LogP contribution in [0.1, 0.15) is 16.9 Å². The van der Waals surface area contributed by atoms with E-state index in [1.54, 1.807) is 24.3 Å². The van der Waals surface area contributed by atoms with Crippen molar-refractivity contribution in [3.8, 4) is 6.07 Å². The van der Waals surface area contributed by atoms with Gasteiger partial charge in [0.2, 0.25) is 0 Å². The zero-order valence-electron chi connectivity index (χ0n) is 17.5. The van der Waals surface area contributed by atoms with Gasteiger partial charge in [-0.15, -0.1) is 11.3 Å². The molecule has 2 heterocycles. The van der Waals surface area contributed by atoms with Crippen molar-refractivity contribution in [2.75, 3.05) is 5.32 Å². The molecule has 0 saturated heterocycles. The third-order valence-corrected chi connectivity index (χ3v) is 6.77. The topological polar surface area (TPSA) is 122 Å². The van der Waals surface area contributed by atoms with Crippen molar-refractivity contribution in [3.05, 3.63) is 81.1 Å². The number of non-ortho nitro benzene ring substituents is 1. The molecule has 164 valence electrons. The highest BCUT2D eigenvalue weighted by Crippen LogP contribution is 2.36. The highest BCUT2D eigenvalue weighted by atomic mass is 32.2. The Hall–Kier alpha value is -3.94. The van der Waals surface area contributed by atoms with Gasteiger partial charge in [-0.1, -0.05) is 6.07 Å². The second-order valence-corrected chi connectivity index (χ2v) is 9.35. The van der Waals surface area contributed by atoms with E-state index in [2.05, 4.69) is 10.3 Å². The number of amides is 1. The van der Waals surface area contributed by atoms with Gasteiger partial charge < -0.3 is 9.73 Å². The molecular formula is C23H16N4O4S2. The standard InChI is InChI=1S/C23H16N4O4S2/c1-13-3-4-16(9-14(13)2)25-22(28)15(12-24)10-18-6-8-21(31-18)33-23-26-19-7-5-17(27(29)30)11-20(19)32-23/h3-11H,1-2H3,(H,25,28)/b15-10+. The Morgan fingerprint density at radius 3 is 2.76 bits per heavy atom. The first-order valence-corrected chi connectivity index (χ1v) is 11.3. The molecular weight excluding hydrogens is 460 g/mol. The van der Waals surface area contributed by atoms with Gasteiger partial charge in [0.15, 0.2) is 9.43 Å². The summed E-state index contributed by atoms with van der Waals surface area (Å²) in [5, 5.41) is 23.6. The Bertz CT molecular complexity index is 1460. The fourth-order valence-corrected chi connectivity index (χ4v) is 4.91. The molecule has 2 aromatic heterocycles. The van der Waals surface area contributed by atoms with Gasteiger partial charge in [0.1, 0.15) is 17.4 Å². The maximum atomic E-state index is 12.5. The molecule has 33 heavy (non-hydrogen) atoms. The first-order chi connectivity index (χ1) is 15.8. The number of nitro benzene ring substituents is 1. The number of hydrogen-bond acceptors (Lipinski definition) is 8. The minimum absolute atomic E-state index is 0.0104. The maximum Gasteiger partial charge on any atom is 0.270 e. The van der Waals surface area contributed by atoms with Crippen LogP contribution in [0.4, 0.5) is 11.4 Å². The summed E-state index contributed by atoms with van der Waals surface area (Å²) < 4.78 is 7.08. The molecule has 0 spiro atoms. The van der Waals surface area contributed by atoms with Crippen LogP contribution in [0.2, 0.25) is 0 Å². The fourth-order valence-electron chi connectivity index (χ4n) is 2.91. The number of nitro groups is 1. The minimum atomic E-state index is -0.529. The minimum Gasteiger partial charge on any atom is -0.450 e. The number of thiazole rings is 1. The van der Waals surface area contributed by atoms with E-state index < -0.39 is 10.8 Å². The summed E-state index contributed by atoms with van der Waals surface area (Å²) in [6.07, 6.45) is 1.38. The van der Waals surface area contributed by atoms with Gasteiger partial charge in [0, 0.05) is 23.9 Å². The van der Waals surface area contributed by atoms with Gasteiger partial charge in [-0.05, 0) is 67.1 Å². The highest BCUT2D eigenvalue weighted by Gasteiger charge is 2.14. The summed E-state index contributed by atoms with van der Waals surface area (Å²) in [6, 6.07) is 15.3. The molecule has 0 fully saturated rings. The monoisotopic (exact) mass is 476 g/mol. The normalized spacial score (nSPS) is 11.4. The summed E-state index contributed by atoms with van der Waals surface area (Å²) in [6.45, 7) is 3.92. The molecule has 4 rings (SSSR count). The number of benzene rings is 2. The Balaban J connectivity index is 1.49. The number of nitriles is 1. The first-order valence-electron chi connectivity index (χ1n) is 9.65. The number of fused-ring (bicyclic) bond motifs is 1. The van der Waals surface area contributed by atoms with Crippen molar-refractivity contribution in [1.82, 2.24) is 4.98 Å². The third kappa shape index (κ3) is 5.11. The number of carbonyl (C=O) groups excluding carboxylic acids is 1. The molecule has 0 radical (unpaired) electrons. The largest absolute Gasteiger partial charge is 0.450 e. The van der Waals surface area contributed by atoms with Crippen LogP contribution in [0.5, 0.6) is 0 Å². The highest BCUT2D eigenvalue weighted by molar-refractivity contribution is 8.01. The van der Waals surface area contributed by atoms with E-state index in [1.165, 1.54) is 41.3 Å². The lowest BCUT2D eigenvalue weighted by Crippen LogP contribution is -2.13. The molecule has 0 atom stereocenters. The molecule has 4 aromatic rings. The maximum absolute atomic E-state index is 12.5. The molecule has 0 saturated carbocycles. The van der Waals surface area contributed by atoms with Crippen molar-refractivity contribution in [3.63, 3.8) is 0 Å². The lowest BCUT2D eigenvalue weighted by molar-refractivity contribution is -0.384. The van der Waals surface area contributed by atoms with E-state index in [9.17, 15) is 20.2 Å². The van der Waals surface area contributed by atoms with E-state index in [4.69, 9.17) is 4.42 Å². The zero-order valence-corrected chi connectivity index (χ0v) is 19.1. The van der Waals surface area contributed by atoms with Crippen LogP contribution >= 0.6 is 23.1 Å². The Morgan fingerprint density at radius 2 is 2.03 bits per heavy atom. The lowest BCUT2D eigenvalue weighted by Gasteiger charge is -2.06. The summed E-state index contributed by atoms with van der Waals surface area (Å²) >= 11 is 2.57. The molecule has 0 bridgehead atoms. The fraction of sp³-hybridized carbons (Fsp3) is 0.0870. The van der Waals surface area contributed by atoms with Gasteiger partial charge >= 0.3 is 0 Å². The molecule has 1 amide bonds. The van der Waals surface area contributed by atoms with E-state index in [-0.39, 0.29) is 11.3 Å². The van der Waals surface area contributed by atoms with Crippen molar-refractivity contribution < 1.29 is 14.1 Å². The van der Waals surface area contributed by atoms with Crippen molar-refractivity contribution in [2.24, 2.45) is 0 Å². The number of nitrogens with zero attached hydrogens (tertiary/aromatic N) is 3. The second kappa shape index (κ2) is 9.28. The summed E-state index contributed by atoms with van der Waals surface area (Å²) in [5.74, 6) is -0.180. The van der Waals surface area contributed by atoms with Gasteiger partial charge in [-0.25, -0.2) is 4.98 Å². The molecule has 0 aliphatic rings. The lowest BCUT2D eigenvalue weighted by atomic mass is 10.1. The van der Waals surface area contributed by atoms with Crippen molar-refractivity contribution >= 4 is 56.7 Å². The number of aromatic nitrogens is 1. The smallest absolute Gasteiger partial charge is 0.270 e. The summed E-state index contributed by atoms with van der Waals surface area (Å²) in [7, 11) is 0. The van der Waals surface area contributed by atoms with Crippen LogP contribution in [0.25, 0.3) is 16.3 Å². The Kier molecular flexibility index (Phi) is 6.26. The predicted octanol–water partition coefficient (Wildman–Crippen LogP) is 6.11. The van der Waals surface area contributed by atoms with Crippen LogP contribution < -0.4 is 5.32 Å². The molecule has 1 N–H and O–H groups in total. The number of nitrogens with one attached hydrogen (secondary N) is 1. The SMILES string of the molecule is Cc1ccc(NC(=O)/C(C#N)=C/c2ccc(Sc3nc4ccc([N+](=O)[O-])cc4s3)o2)cc1C. The van der Waals surface area contributed by atoms with Crippen molar-refractivity contribution in [2.45, 2.75) is 23.3 Å². The van der Waals surface area contributed by atoms with Crippen LogP contribution in [0.3, 0.4) is 0 Å². The second-order valence-electron chi connectivity index (χ2n) is 7.07. The van der Waals surface area contributed by atoms with Gasteiger partial charge in [0.25, 0.3) is 11.6 Å². The summed E-state index contributed by atoms with van der Waals surface area (Å²) in [5.41, 5.74) is 3.33. The van der Waals surface area contributed by atoms with E-state index in [0.29, 0.717) is 31.1 Å². The zero-order chi connectivity index (χ0) is 23.5. The van der Waals surface area contributed by atoms with Crippen LogP contribution in [0.15, 0.2) is 68.0 Å².